The van der Waals surface area contributed by atoms with E-state index in [-0.39, 0.29) is 5.82 Å². The van der Waals surface area contributed by atoms with Crippen molar-refractivity contribution >= 4 is 5.96 Å². The number of halogens is 1. The average molecular weight is 388 g/mol. The van der Waals surface area contributed by atoms with Crippen molar-refractivity contribution in [2.24, 2.45) is 4.99 Å². The Hall–Kier alpha value is -2.45. The SMILES string of the molecule is CCNC(=NCCN1CCOCC1)NCCc1ccn(-c2ccc(F)cc2)n1. The average Bonchev–Trinajstić information content (AvgIpc) is 3.18. The largest absolute Gasteiger partial charge is 0.379 e. The molecule has 3 rings (SSSR count). The minimum Gasteiger partial charge on any atom is -0.379 e. The molecule has 0 bridgehead atoms. The summed E-state index contributed by atoms with van der Waals surface area (Å²) >= 11 is 0. The van der Waals surface area contributed by atoms with E-state index in [0.29, 0.717) is 0 Å². The quantitative estimate of drug-likeness (QED) is 0.529. The fraction of sp³-hybridized carbons (Fsp3) is 0.500. The van der Waals surface area contributed by atoms with E-state index in [1.807, 2.05) is 12.3 Å². The first-order valence-corrected chi connectivity index (χ1v) is 9.87. The number of hydrogen-bond donors (Lipinski definition) is 2. The van der Waals surface area contributed by atoms with Gasteiger partial charge in [0.1, 0.15) is 5.82 Å². The number of nitrogens with zero attached hydrogens (tertiary/aromatic N) is 4. The number of ether oxygens (including phenoxy) is 1. The summed E-state index contributed by atoms with van der Waals surface area (Å²) in [6, 6.07) is 8.29. The van der Waals surface area contributed by atoms with Gasteiger partial charge in [0.2, 0.25) is 0 Å². The minimum atomic E-state index is -0.246. The molecule has 28 heavy (non-hydrogen) atoms. The molecule has 1 fully saturated rings. The van der Waals surface area contributed by atoms with E-state index in [1.165, 1.54) is 12.1 Å². The first kappa shape index (κ1) is 20.3. The lowest BCUT2D eigenvalue weighted by molar-refractivity contribution is 0.0394. The summed E-state index contributed by atoms with van der Waals surface area (Å²) in [5.74, 6) is 0.581. The maximum Gasteiger partial charge on any atom is 0.191 e. The van der Waals surface area contributed by atoms with Gasteiger partial charge in [0.05, 0.1) is 31.1 Å². The van der Waals surface area contributed by atoms with Crippen LogP contribution in [-0.2, 0) is 11.2 Å². The summed E-state index contributed by atoms with van der Waals surface area (Å²) in [5.41, 5.74) is 1.82. The van der Waals surface area contributed by atoms with Gasteiger partial charge in [-0.15, -0.1) is 0 Å². The number of guanidine groups is 1. The zero-order chi connectivity index (χ0) is 19.6. The second-order valence-corrected chi connectivity index (χ2v) is 6.62. The van der Waals surface area contributed by atoms with Gasteiger partial charge in [-0.3, -0.25) is 9.89 Å². The third-order valence-electron chi connectivity index (χ3n) is 4.54. The number of aliphatic imine (C=N–C) groups is 1. The highest BCUT2D eigenvalue weighted by molar-refractivity contribution is 5.79. The predicted molar refractivity (Wildman–Crippen MR) is 108 cm³/mol. The van der Waals surface area contributed by atoms with Crippen molar-refractivity contribution < 1.29 is 9.13 Å². The first-order valence-electron chi connectivity index (χ1n) is 9.87. The molecule has 8 heteroatoms. The molecule has 0 unspecified atom stereocenters. The van der Waals surface area contributed by atoms with Crippen molar-refractivity contribution in [3.05, 3.63) is 48.0 Å². The summed E-state index contributed by atoms with van der Waals surface area (Å²) in [6.45, 7) is 8.91. The number of hydrogen-bond acceptors (Lipinski definition) is 4. The minimum absolute atomic E-state index is 0.246. The number of nitrogens with one attached hydrogen (secondary N) is 2. The molecule has 0 amide bonds. The van der Waals surface area contributed by atoms with Crippen LogP contribution in [0.1, 0.15) is 12.6 Å². The summed E-state index contributed by atoms with van der Waals surface area (Å²) in [7, 11) is 0. The van der Waals surface area contributed by atoms with Crippen LogP contribution in [0.25, 0.3) is 5.69 Å². The van der Waals surface area contributed by atoms with Crippen LogP contribution >= 0.6 is 0 Å². The summed E-state index contributed by atoms with van der Waals surface area (Å²) in [6.07, 6.45) is 2.67. The van der Waals surface area contributed by atoms with Gasteiger partial charge in [-0.05, 0) is 37.3 Å². The van der Waals surface area contributed by atoms with Crippen molar-refractivity contribution in [1.82, 2.24) is 25.3 Å². The predicted octanol–water partition coefficient (Wildman–Crippen LogP) is 1.44. The third kappa shape index (κ3) is 6.31. The van der Waals surface area contributed by atoms with Gasteiger partial charge >= 0.3 is 0 Å². The number of morpholine rings is 1. The summed E-state index contributed by atoms with van der Waals surface area (Å²) < 4.78 is 20.2. The van der Waals surface area contributed by atoms with Crippen LogP contribution in [0, 0.1) is 5.82 Å². The van der Waals surface area contributed by atoms with Crippen LogP contribution in [-0.4, -0.2) is 73.1 Å². The van der Waals surface area contributed by atoms with Gasteiger partial charge in [0, 0.05) is 45.3 Å². The van der Waals surface area contributed by atoms with E-state index < -0.39 is 0 Å². The van der Waals surface area contributed by atoms with E-state index in [1.54, 1.807) is 16.8 Å². The van der Waals surface area contributed by atoms with E-state index >= 15 is 0 Å². The normalized spacial score (nSPS) is 15.6. The highest BCUT2D eigenvalue weighted by Gasteiger charge is 2.09. The van der Waals surface area contributed by atoms with Gasteiger partial charge in [-0.1, -0.05) is 0 Å². The Kier molecular flexibility index (Phi) is 7.81. The summed E-state index contributed by atoms with van der Waals surface area (Å²) in [4.78, 5) is 7.02. The number of aromatic nitrogens is 2. The Balaban J connectivity index is 1.44. The van der Waals surface area contributed by atoms with Crippen LogP contribution in [0.15, 0.2) is 41.5 Å². The van der Waals surface area contributed by atoms with Gasteiger partial charge in [-0.25, -0.2) is 9.07 Å². The van der Waals surface area contributed by atoms with Gasteiger partial charge < -0.3 is 15.4 Å². The van der Waals surface area contributed by atoms with Crippen LogP contribution in [0.2, 0.25) is 0 Å². The molecule has 1 aliphatic heterocycles. The van der Waals surface area contributed by atoms with Crippen LogP contribution < -0.4 is 10.6 Å². The van der Waals surface area contributed by atoms with Crippen molar-refractivity contribution in [2.45, 2.75) is 13.3 Å². The second-order valence-electron chi connectivity index (χ2n) is 6.62. The standard InChI is InChI=1S/C20H29FN6O/c1-2-22-20(24-10-12-26-13-15-28-16-14-26)23-9-7-18-8-11-27(25-18)19-5-3-17(21)4-6-19/h3-6,8,11H,2,7,9-10,12-16H2,1H3,(H2,22,23,24). The highest BCUT2D eigenvalue weighted by atomic mass is 19.1. The van der Waals surface area contributed by atoms with Crippen LogP contribution in [0.3, 0.4) is 0 Å². The molecular formula is C20H29FN6O. The topological polar surface area (TPSA) is 66.7 Å². The molecule has 152 valence electrons. The summed E-state index contributed by atoms with van der Waals surface area (Å²) in [5, 5.41) is 11.2. The van der Waals surface area contributed by atoms with E-state index in [0.717, 1.165) is 76.2 Å². The van der Waals surface area contributed by atoms with Crippen LogP contribution in [0.4, 0.5) is 4.39 Å². The Morgan fingerprint density at radius 1 is 1.18 bits per heavy atom. The van der Waals surface area contributed by atoms with Crippen molar-refractivity contribution in [2.75, 3.05) is 52.5 Å². The lowest BCUT2D eigenvalue weighted by Crippen LogP contribution is -2.40. The first-order chi connectivity index (χ1) is 13.7. The van der Waals surface area contributed by atoms with Gasteiger partial charge in [-0.2, -0.15) is 5.10 Å². The zero-order valence-corrected chi connectivity index (χ0v) is 16.4. The van der Waals surface area contributed by atoms with Gasteiger partial charge in [0.25, 0.3) is 0 Å². The highest BCUT2D eigenvalue weighted by Crippen LogP contribution is 2.09. The van der Waals surface area contributed by atoms with E-state index in [4.69, 9.17) is 4.74 Å². The molecule has 1 aromatic carbocycles. The molecule has 0 aliphatic carbocycles. The lowest BCUT2D eigenvalue weighted by atomic mass is 10.3. The molecule has 2 aromatic rings. The van der Waals surface area contributed by atoms with E-state index in [2.05, 4.69) is 32.5 Å². The molecule has 0 saturated carbocycles. The fourth-order valence-corrected chi connectivity index (χ4v) is 3.01. The van der Waals surface area contributed by atoms with Crippen LogP contribution in [0.5, 0.6) is 0 Å². The molecule has 2 heterocycles. The Morgan fingerprint density at radius 3 is 2.71 bits per heavy atom. The van der Waals surface area contributed by atoms with Crippen molar-refractivity contribution in [1.29, 1.82) is 0 Å². The van der Waals surface area contributed by atoms with Gasteiger partial charge in [0.15, 0.2) is 5.96 Å². The maximum atomic E-state index is 13.0. The number of benzene rings is 1. The monoisotopic (exact) mass is 388 g/mol. The molecule has 0 spiro atoms. The third-order valence-corrected chi connectivity index (χ3v) is 4.54. The van der Waals surface area contributed by atoms with Crippen molar-refractivity contribution in [3.8, 4) is 5.69 Å². The molecule has 0 radical (unpaired) electrons. The molecular weight excluding hydrogens is 359 g/mol. The number of rotatable bonds is 8. The molecule has 7 nitrogen and oxygen atoms in total. The Labute approximate surface area is 165 Å². The smallest absolute Gasteiger partial charge is 0.191 e. The molecule has 0 atom stereocenters. The lowest BCUT2D eigenvalue weighted by Gasteiger charge is -2.25. The van der Waals surface area contributed by atoms with Crippen molar-refractivity contribution in [3.63, 3.8) is 0 Å². The zero-order valence-electron chi connectivity index (χ0n) is 16.4. The Bertz CT molecular complexity index is 739. The maximum absolute atomic E-state index is 13.0. The molecule has 1 saturated heterocycles. The molecule has 1 aromatic heterocycles. The molecule has 2 N–H and O–H groups in total. The molecule has 1 aliphatic rings. The fourth-order valence-electron chi connectivity index (χ4n) is 3.01. The second kappa shape index (κ2) is 10.8. The Morgan fingerprint density at radius 2 is 1.96 bits per heavy atom. The van der Waals surface area contributed by atoms with E-state index in [9.17, 15) is 4.39 Å².